The molecule has 33 heteroatoms. The number of ether oxygens (including phenoxy) is 1. The Balaban J connectivity index is 0.000000149. The van der Waals surface area contributed by atoms with E-state index in [9.17, 15) is 55.0 Å². The van der Waals surface area contributed by atoms with Crippen LogP contribution >= 0.6 is 22.7 Å². The number of aliphatic imine (C=N–C) groups is 5. The highest BCUT2D eigenvalue weighted by atomic mass is 32.2. The zero-order valence-corrected chi connectivity index (χ0v) is 92.4. The number of guanidine groups is 4. The third-order valence-electron chi connectivity index (χ3n) is 28.9. The fourth-order valence-corrected chi connectivity index (χ4v) is 25.7. The van der Waals surface area contributed by atoms with Crippen LogP contribution in [0.5, 0.6) is 0 Å². The zero-order chi connectivity index (χ0) is 109. The number of rotatable bonds is 17. The maximum Gasteiger partial charge on any atom is 0.283 e. The molecule has 1 fully saturated rings. The molecule has 1 saturated heterocycles. The summed E-state index contributed by atoms with van der Waals surface area (Å²) in [6, 6.07) is 85.4. The van der Waals surface area contributed by atoms with Crippen LogP contribution in [0.2, 0.25) is 0 Å². The van der Waals surface area contributed by atoms with Gasteiger partial charge in [-0.25, -0.2) is 50.2 Å². The molecule has 10 N–H and O–H groups in total. The predicted octanol–water partition coefficient (Wildman–Crippen LogP) is 19.1. The summed E-state index contributed by atoms with van der Waals surface area (Å²) < 4.78 is 83.1. The first-order chi connectivity index (χ1) is 70.4. The van der Waals surface area contributed by atoms with Crippen LogP contribution < -0.4 is 28.7 Å². The van der Waals surface area contributed by atoms with E-state index in [1.165, 1.54) is 52.8 Å². The van der Waals surface area contributed by atoms with Crippen molar-refractivity contribution in [1.29, 1.82) is 10.5 Å². The second-order valence-electron chi connectivity index (χ2n) is 42.5. The smallest absolute Gasteiger partial charge is 0.283 e. The number of thiophene rings is 2. The van der Waals surface area contributed by atoms with Crippen LogP contribution in [0, 0.1) is 56.3 Å². The number of nitrogens with zero attached hydrogens (tertiary/aromatic N) is 12. The van der Waals surface area contributed by atoms with E-state index in [0.717, 1.165) is 89.4 Å². The van der Waals surface area contributed by atoms with Crippen LogP contribution in [0.1, 0.15) is 215 Å². The molecule has 1 unspecified atom stereocenters. The predicted molar refractivity (Wildman–Crippen MR) is 596 cm³/mol. The van der Waals surface area contributed by atoms with Crippen LogP contribution in [0.15, 0.2) is 311 Å². The number of nitriles is 2. The Labute approximate surface area is 889 Å². The molecule has 10 aromatic carbocycles. The number of amidine groups is 1. The molecular weight excluding hydrogens is 1980 g/mol. The van der Waals surface area contributed by atoms with Gasteiger partial charge < -0.3 is 33.4 Å². The van der Waals surface area contributed by atoms with Crippen LogP contribution in [0.25, 0.3) is 22.3 Å². The second kappa shape index (κ2) is 43.2. The number of nitrogens with two attached hydrogens (primary N) is 5. The summed E-state index contributed by atoms with van der Waals surface area (Å²) in [5.74, 6) is -1.44. The molecule has 0 radical (unpaired) electrons. The number of hydrogen-bond acceptors (Lipinski definition) is 25. The summed E-state index contributed by atoms with van der Waals surface area (Å²) in [5.41, 5.74) is 43.1. The zero-order valence-electron chi connectivity index (χ0n) is 88.3. The van der Waals surface area contributed by atoms with Gasteiger partial charge in [0.1, 0.15) is 16.6 Å². The molecule has 12 aromatic rings. The minimum absolute atomic E-state index is 0.0485. The number of benzene rings is 10. The van der Waals surface area contributed by atoms with Gasteiger partial charge in [0.2, 0.25) is 27.7 Å². The lowest BCUT2D eigenvalue weighted by Gasteiger charge is -2.43. The highest BCUT2D eigenvalue weighted by Crippen LogP contribution is 2.52. The van der Waals surface area contributed by atoms with Gasteiger partial charge in [-0.2, -0.15) is 14.8 Å². The monoisotopic (exact) mass is 2110 g/mol. The number of likely N-dealkylation sites (N-methyl/N-ethyl adjacent to an activating group) is 2. The first-order valence-corrected chi connectivity index (χ1v) is 55.5. The molecule has 0 aliphatic carbocycles. The Bertz CT molecular complexity index is 7450. The highest BCUT2D eigenvalue weighted by molar-refractivity contribution is 7.93. The van der Waals surface area contributed by atoms with Gasteiger partial charge in [0.25, 0.3) is 11.9 Å². The van der Waals surface area contributed by atoms with Crippen molar-refractivity contribution < 1.29 is 49.2 Å². The van der Waals surface area contributed by atoms with E-state index in [1.807, 2.05) is 166 Å². The maximum absolute atomic E-state index is 13.9. The largest absolute Gasteiger partial charge is 0.454 e. The lowest BCUT2D eigenvalue weighted by Crippen LogP contribution is -2.54. The molecule has 150 heavy (non-hydrogen) atoms. The van der Waals surface area contributed by atoms with Gasteiger partial charge in [-0.1, -0.05) is 220 Å². The third kappa shape index (κ3) is 22.4. The SMILES string of the molecule is CC(C)(C)c1ccc([C@H]2OC(N)=N[C@]2(C)c2ccccc2)cc1.CN1C(=O)[C@@H](c2ccc(S(=O)(=O)C(C)(C)C)cc2)[C@@](C)(c2cc(-c3cccc(C#N)c3)cs2)N=C1N.CN1C(=O)[C@H](c2ccc(S(=O)(=O)C(C)(C)C)cc2)[C@@](C)(c2cc(-c3cccc(C#N)c3)cs2)N=C1N.Cc1cc(C)c(CN2C(=O)C(c3ccccc3)(c3ccccc3)N=C2N)c(C)c1.Cc1ccc(S(=O)(=O)N2CCCC([C@]3(C)CC(=O)N(C)C(N)=N3)C2)cc1. The van der Waals surface area contributed by atoms with E-state index in [-0.39, 0.29) is 87.1 Å². The fraction of sp³-hybridized carbons (Fsp3) is 0.325. The number of carbonyl (C=O) groups excluding carboxylic acids is 4. The Hall–Kier alpha value is -14.6. The molecular formula is C117H131N17O11S5. The van der Waals surface area contributed by atoms with Crippen molar-refractivity contribution in [2.24, 2.45) is 59.5 Å². The van der Waals surface area contributed by atoms with Crippen LogP contribution in [0.3, 0.4) is 0 Å². The molecule has 6 aliphatic rings. The van der Waals surface area contributed by atoms with Gasteiger partial charge in [0.15, 0.2) is 55.2 Å². The first kappa shape index (κ1) is 111. The first-order valence-electron chi connectivity index (χ1n) is 49.3. The topological polar surface area (TPSA) is 436 Å². The molecule has 8 atom stereocenters. The summed E-state index contributed by atoms with van der Waals surface area (Å²) in [6.07, 6.45) is 1.60. The molecule has 6 aliphatic heterocycles. The molecule has 0 saturated carbocycles. The van der Waals surface area contributed by atoms with Gasteiger partial charge >= 0.3 is 0 Å². The standard InChI is InChI=1S/2C27H28N4O3S2.C25H25N3O.C20H24N2O.C18H26N4O3S/c2*1-26(2,3)36(33,34)21-11-9-18(10-12-21)23-24(32)31(5)25(29)30-27(23,4)22-14-20(16-35-22)19-8-6-7-17(13-19)15-28;1-17-14-18(2)22(19(3)15-17)16-28-23(29)25(27-24(28)26,20-10-6-4-7-11-20)21-12-8-5-9-13-21;1-19(2,3)15-12-10-14(11-13-15)17-20(4,22-18(21)23-17)16-8-6-5-7-9-16;1-13-6-8-15(9-7-13)26(24,25)22-10-4-5-14(12-22)18(2)11-16(23)21(3)17(19)20-18/h2*6-14,16,23H,1-5H3,(H2,29,30);4-15H,16H2,1-3H3,(H2,26,27);5-13,17H,1-4H3,(H2,21,22);6-9,14H,4-5,10-12H2,1-3H3,(H2,19,20)/t23-,27+;23-,27-;;17-,20-;14?,18-/m01.10/s1. The van der Waals surface area contributed by atoms with E-state index in [4.69, 9.17) is 48.4 Å². The fourth-order valence-electron chi connectivity index (χ4n) is 19.6. The van der Waals surface area contributed by atoms with Gasteiger partial charge in [0.05, 0.1) is 77.8 Å². The van der Waals surface area contributed by atoms with Gasteiger partial charge in [-0.05, 0) is 283 Å². The minimum Gasteiger partial charge on any atom is -0.454 e. The Morgan fingerprint density at radius 2 is 0.867 bits per heavy atom. The number of amides is 4. The molecule has 0 bridgehead atoms. The van der Waals surface area contributed by atoms with Crippen molar-refractivity contribution in [3.8, 4) is 34.4 Å². The van der Waals surface area contributed by atoms with Crippen LogP contribution in [-0.2, 0) is 87.7 Å². The molecule has 4 amide bonds. The van der Waals surface area contributed by atoms with E-state index in [1.54, 1.807) is 153 Å². The molecule has 18 rings (SSSR count). The Morgan fingerprint density at radius 3 is 1.29 bits per heavy atom. The van der Waals surface area contributed by atoms with Gasteiger partial charge in [-0.15, -0.1) is 22.7 Å². The molecule has 2 aromatic heterocycles. The maximum atomic E-state index is 13.9. The average molecular weight is 2110 g/mol. The number of sulfonamides is 1. The van der Waals surface area contributed by atoms with Crippen LogP contribution in [-0.4, -0.2) is 152 Å². The molecule has 28 nitrogen and oxygen atoms in total. The van der Waals surface area contributed by atoms with E-state index < -0.39 is 78.7 Å². The molecule has 8 heterocycles. The summed E-state index contributed by atoms with van der Waals surface area (Å²) in [4.78, 5) is 84.6. The van der Waals surface area contributed by atoms with Crippen molar-refractivity contribution in [3.63, 3.8) is 0 Å². The number of hydrogen-bond donors (Lipinski definition) is 5. The van der Waals surface area contributed by atoms with Gasteiger partial charge in [0, 0.05) is 44.0 Å². The van der Waals surface area contributed by atoms with E-state index in [2.05, 4.69) is 119 Å². The van der Waals surface area contributed by atoms with E-state index >= 15 is 0 Å². The van der Waals surface area contributed by atoms with E-state index in [0.29, 0.717) is 46.8 Å². The second-order valence-corrected chi connectivity index (χ2v) is 51.7. The average Bonchev–Trinajstić information content (AvgIpc) is 1.67. The minimum atomic E-state index is -3.56. The van der Waals surface area contributed by atoms with Crippen LogP contribution in [0.4, 0.5) is 0 Å². The van der Waals surface area contributed by atoms with Crippen molar-refractivity contribution in [3.05, 3.63) is 359 Å². The molecule has 0 spiro atoms. The Morgan fingerprint density at radius 1 is 0.447 bits per heavy atom. The number of aryl methyl sites for hydroxylation is 4. The van der Waals surface area contributed by atoms with Crippen molar-refractivity contribution in [1.82, 2.24) is 23.9 Å². The summed E-state index contributed by atoms with van der Waals surface area (Å²) in [6.45, 7) is 33.7. The molecule has 780 valence electrons. The number of sulfone groups is 2. The van der Waals surface area contributed by atoms with Crippen molar-refractivity contribution in [2.45, 2.75) is 219 Å². The summed E-state index contributed by atoms with van der Waals surface area (Å²) in [7, 11) is -5.85. The lowest BCUT2D eigenvalue weighted by atomic mass is 9.77. The Kier molecular flexibility index (Phi) is 32.0. The number of piperidine rings is 1. The van der Waals surface area contributed by atoms with Crippen molar-refractivity contribution >= 4 is 106 Å². The summed E-state index contributed by atoms with van der Waals surface area (Å²) in [5, 5.41) is 22.5. The third-order valence-corrected chi connectivity index (χ3v) is 38.1. The quantitative estimate of drug-likeness (QED) is 0.0565. The van der Waals surface area contributed by atoms with Gasteiger partial charge in [-0.3, -0.25) is 38.8 Å². The summed E-state index contributed by atoms with van der Waals surface area (Å²) >= 11 is 2.93. The van der Waals surface area contributed by atoms with Crippen molar-refractivity contribution in [2.75, 3.05) is 34.2 Å². The number of carbonyl (C=O) groups is 4. The normalized spacial score (nSPS) is 21.5. The highest BCUT2D eigenvalue weighted by Gasteiger charge is 2.54. The lowest BCUT2D eigenvalue weighted by molar-refractivity contribution is -0.131.